The van der Waals surface area contributed by atoms with Crippen LogP contribution in [0.5, 0.6) is 11.5 Å². The Morgan fingerprint density at radius 3 is 2.70 bits per heavy atom. The summed E-state index contributed by atoms with van der Waals surface area (Å²) in [6.45, 7) is 4.03. The molecule has 1 aromatic carbocycles. The molecule has 2 aliphatic rings. The van der Waals surface area contributed by atoms with Gasteiger partial charge in [-0.2, -0.15) is 0 Å². The van der Waals surface area contributed by atoms with E-state index in [1.807, 2.05) is 13.8 Å². The minimum absolute atomic E-state index is 0.124. The van der Waals surface area contributed by atoms with Gasteiger partial charge in [0.1, 0.15) is 17.1 Å². The van der Waals surface area contributed by atoms with Crippen LogP contribution in [-0.4, -0.2) is 30.6 Å². The number of allylic oxidation sites excluding steroid dienone is 3. The van der Waals surface area contributed by atoms with Gasteiger partial charge in [0.05, 0.1) is 12.3 Å². The van der Waals surface area contributed by atoms with E-state index in [9.17, 15) is 23.5 Å². The van der Waals surface area contributed by atoms with Crippen molar-refractivity contribution in [3.63, 3.8) is 0 Å². The average molecular weight is 497 g/mol. The molecule has 0 amide bonds. The highest BCUT2D eigenvalue weighted by molar-refractivity contribution is 14.2. The Hall–Kier alpha value is -1.59. The van der Waals surface area contributed by atoms with Crippen LogP contribution in [0.25, 0.3) is 0 Å². The molecule has 2 heterocycles. The van der Waals surface area contributed by atoms with Crippen molar-refractivity contribution >= 4 is 25.0 Å². The Labute approximate surface area is 164 Å². The Bertz CT molecular complexity index is 819. The number of halogens is 4. The number of hydroxylamine groups is 1. The predicted octanol–water partition coefficient (Wildman–Crippen LogP) is 4.41. The predicted molar refractivity (Wildman–Crippen MR) is 102 cm³/mol. The second-order valence-corrected chi connectivity index (χ2v) is 9.31. The van der Waals surface area contributed by atoms with Crippen LogP contribution in [0.15, 0.2) is 42.1 Å². The zero-order chi connectivity index (χ0) is 19.9. The van der Waals surface area contributed by atoms with Gasteiger partial charge >= 0.3 is 6.36 Å². The number of aliphatic hydroxyl groups is 1. The molecule has 5 nitrogen and oxygen atoms in total. The maximum absolute atomic E-state index is 12.7. The number of hydrogen-bond acceptors (Lipinski definition) is 5. The van der Waals surface area contributed by atoms with Crippen LogP contribution in [0, 0.1) is 5.41 Å². The Morgan fingerprint density at radius 1 is 1.26 bits per heavy atom. The van der Waals surface area contributed by atoms with Gasteiger partial charge in [0.25, 0.3) is 0 Å². The molecule has 2 N–H and O–H groups in total. The Morgan fingerprint density at radius 2 is 2.00 bits per heavy atom. The van der Waals surface area contributed by atoms with Gasteiger partial charge in [0.15, 0.2) is 0 Å². The molecule has 3 rings (SSSR count). The van der Waals surface area contributed by atoms with Gasteiger partial charge in [0.2, 0.25) is 0 Å². The van der Waals surface area contributed by atoms with E-state index in [2.05, 4.69) is 4.74 Å². The van der Waals surface area contributed by atoms with E-state index in [0.717, 1.165) is 15.4 Å². The van der Waals surface area contributed by atoms with Crippen molar-refractivity contribution in [2.45, 2.75) is 32.2 Å². The highest BCUT2D eigenvalue weighted by Crippen LogP contribution is 2.49. The third kappa shape index (κ3) is 4.46. The molecule has 0 saturated heterocycles. The number of fused-ring (bicyclic) bond motifs is 1. The normalized spacial score (nSPS) is 24.7. The van der Waals surface area contributed by atoms with E-state index < -0.39 is 44.1 Å². The quantitative estimate of drug-likeness (QED) is 0.469. The SMILES string of the molecule is CC1(C)COc2ccc(OC(F)(F)F)cc2C(O)(C2=CC=CC=IN2O)C1. The van der Waals surface area contributed by atoms with Gasteiger partial charge in [-0.15, -0.1) is 13.2 Å². The van der Waals surface area contributed by atoms with Crippen LogP contribution in [-0.2, 0) is 5.60 Å². The molecule has 0 fully saturated rings. The summed E-state index contributed by atoms with van der Waals surface area (Å²) in [4.78, 5) is 0. The minimum atomic E-state index is -4.86. The highest BCUT2D eigenvalue weighted by Gasteiger charge is 2.46. The van der Waals surface area contributed by atoms with Gasteiger partial charge in [-0.3, -0.25) is 5.21 Å². The summed E-state index contributed by atoms with van der Waals surface area (Å²) in [6, 6.07) is 3.61. The Kier molecular flexibility index (Phi) is 5.30. The molecular weight excluding hydrogens is 478 g/mol. The van der Waals surface area contributed by atoms with Crippen molar-refractivity contribution in [3.05, 3.63) is 47.7 Å². The molecule has 0 radical (unpaired) electrons. The first-order valence-electron chi connectivity index (χ1n) is 8.09. The van der Waals surface area contributed by atoms with Crippen LogP contribution in [0.2, 0.25) is 0 Å². The van der Waals surface area contributed by atoms with Gasteiger partial charge in [0, 0.05) is 32.0 Å². The largest absolute Gasteiger partial charge is 0.573 e. The van der Waals surface area contributed by atoms with E-state index in [1.165, 1.54) is 6.07 Å². The maximum Gasteiger partial charge on any atom is 0.573 e. The number of nitrogens with zero attached hydrogens (tertiary/aromatic N) is 1. The van der Waals surface area contributed by atoms with Crippen LogP contribution >= 0.6 is 21.0 Å². The van der Waals surface area contributed by atoms with Crippen LogP contribution in [0.3, 0.4) is 0 Å². The molecule has 0 spiro atoms. The summed E-state index contributed by atoms with van der Waals surface area (Å²) in [6.07, 6.45) is 0.284. The standard InChI is InChI=1S/C18H19F3INO4/c1-16(2)10-17(24,15-5-3-4-8-22-23(15)25)13-9-12(27-18(19,20)21)6-7-14(13)26-11-16/h3-9,24-25H,10-11H2,1-2H3. The molecule has 0 bridgehead atoms. The lowest BCUT2D eigenvalue weighted by Gasteiger charge is -2.36. The third-order valence-electron chi connectivity index (χ3n) is 4.19. The summed E-state index contributed by atoms with van der Waals surface area (Å²) in [5.74, 6) is -0.208. The third-order valence-corrected chi connectivity index (χ3v) is 5.98. The monoisotopic (exact) mass is 497 g/mol. The second kappa shape index (κ2) is 7.10. The lowest BCUT2D eigenvalue weighted by atomic mass is 9.76. The minimum Gasteiger partial charge on any atom is -0.493 e. The molecular formula is C18H19F3INO4. The summed E-state index contributed by atoms with van der Waals surface area (Å²) in [7, 11) is 0. The number of benzene rings is 1. The maximum atomic E-state index is 12.7. The van der Waals surface area contributed by atoms with Crippen molar-refractivity contribution in [2.75, 3.05) is 6.61 Å². The summed E-state index contributed by atoms with van der Waals surface area (Å²) in [5, 5.41) is 22.1. The van der Waals surface area contributed by atoms with E-state index in [1.54, 1.807) is 22.2 Å². The van der Waals surface area contributed by atoms with Crippen molar-refractivity contribution in [1.29, 1.82) is 0 Å². The summed E-state index contributed by atoms with van der Waals surface area (Å²) < 4.78 is 50.5. The smallest absolute Gasteiger partial charge is 0.493 e. The molecule has 0 saturated carbocycles. The lowest BCUT2D eigenvalue weighted by Crippen LogP contribution is -2.38. The molecule has 1 aromatic rings. The first-order valence-corrected chi connectivity index (χ1v) is 10.3. The molecule has 1 atom stereocenters. The van der Waals surface area contributed by atoms with E-state index in [-0.39, 0.29) is 30.0 Å². The highest BCUT2D eigenvalue weighted by atomic mass is 127. The topological polar surface area (TPSA) is 62.2 Å². The molecule has 0 aliphatic carbocycles. The number of hydrogen-bond donors (Lipinski definition) is 2. The van der Waals surface area contributed by atoms with Gasteiger partial charge in [-0.25, -0.2) is 3.28 Å². The molecule has 27 heavy (non-hydrogen) atoms. The van der Waals surface area contributed by atoms with Gasteiger partial charge < -0.3 is 14.6 Å². The van der Waals surface area contributed by atoms with E-state index >= 15 is 0 Å². The average Bonchev–Trinajstić information content (AvgIpc) is 2.81. The first-order chi connectivity index (χ1) is 12.5. The van der Waals surface area contributed by atoms with Crippen molar-refractivity contribution in [1.82, 2.24) is 3.28 Å². The molecule has 2 aliphatic heterocycles. The zero-order valence-corrected chi connectivity index (χ0v) is 16.8. The van der Waals surface area contributed by atoms with E-state index in [0.29, 0.717) is 0 Å². The zero-order valence-electron chi connectivity index (χ0n) is 14.6. The fraction of sp³-hybridized carbons (Fsp3) is 0.389. The number of alkyl halides is 3. The molecule has 9 heteroatoms. The molecule has 0 aromatic heterocycles. The number of rotatable bonds is 2. The second-order valence-electron chi connectivity index (χ2n) is 7.12. The molecule has 1 unspecified atom stereocenters. The van der Waals surface area contributed by atoms with Crippen LogP contribution in [0.4, 0.5) is 13.2 Å². The molecule has 148 valence electrons. The van der Waals surface area contributed by atoms with E-state index in [4.69, 9.17) is 4.74 Å². The van der Waals surface area contributed by atoms with Crippen LogP contribution in [0.1, 0.15) is 25.8 Å². The fourth-order valence-corrected chi connectivity index (χ4v) is 4.76. The summed E-state index contributed by atoms with van der Waals surface area (Å²) >= 11 is -0.940. The first kappa shape index (κ1) is 20.2. The van der Waals surface area contributed by atoms with Crippen molar-refractivity contribution in [3.8, 4) is 11.5 Å². The fourth-order valence-electron chi connectivity index (χ4n) is 3.17. The van der Waals surface area contributed by atoms with Crippen molar-refractivity contribution < 1.29 is 33.0 Å². The van der Waals surface area contributed by atoms with Gasteiger partial charge in [-0.05, 0) is 34.7 Å². The van der Waals surface area contributed by atoms with Crippen LogP contribution < -0.4 is 9.47 Å². The van der Waals surface area contributed by atoms with Gasteiger partial charge in [-0.1, -0.05) is 26.0 Å². The summed E-state index contributed by atoms with van der Waals surface area (Å²) in [5.41, 5.74) is -1.93. The lowest BCUT2D eigenvalue weighted by molar-refractivity contribution is -0.274. The number of ether oxygens (including phenoxy) is 2. The van der Waals surface area contributed by atoms with Crippen molar-refractivity contribution in [2.24, 2.45) is 5.41 Å². The Balaban J connectivity index is 2.16.